The van der Waals surface area contributed by atoms with Gasteiger partial charge in [0.15, 0.2) is 0 Å². The van der Waals surface area contributed by atoms with E-state index in [4.69, 9.17) is 26.0 Å². The van der Waals surface area contributed by atoms with Crippen molar-refractivity contribution in [1.82, 2.24) is 0 Å². The Bertz CT molecular complexity index is 121. The van der Waals surface area contributed by atoms with Crippen molar-refractivity contribution in [3.63, 3.8) is 0 Å². The smallest absolute Gasteiger partial charge is 0.134 e. The second kappa shape index (κ2) is 13.3. The molecule has 0 saturated heterocycles. The van der Waals surface area contributed by atoms with Crippen molar-refractivity contribution in [1.29, 1.82) is 0 Å². The van der Waals surface area contributed by atoms with Crippen LogP contribution in [-0.2, 0) is 4.57 Å². The van der Waals surface area contributed by atoms with E-state index in [9.17, 15) is 0 Å². The van der Waals surface area contributed by atoms with Crippen LogP contribution in [0.2, 0.25) is 0 Å². The van der Waals surface area contributed by atoms with Crippen LogP contribution in [0.1, 0.15) is 52.4 Å². The summed E-state index contributed by atoms with van der Waals surface area (Å²) >= 11 is 6.04. The van der Waals surface area contributed by atoms with Gasteiger partial charge in [-0.3, -0.25) is 0 Å². The third kappa shape index (κ3) is 22.8. The van der Waals surface area contributed by atoms with E-state index in [-0.39, 0.29) is 0 Å². The number of hydrogen-bond donors (Lipinski definition) is 2. The second-order valence-corrected chi connectivity index (χ2v) is 4.26. The van der Waals surface area contributed by atoms with E-state index < -0.39 is 8.25 Å². The van der Waals surface area contributed by atoms with Crippen LogP contribution in [0.5, 0.6) is 0 Å². The van der Waals surface area contributed by atoms with Gasteiger partial charge in [0.1, 0.15) is 0 Å². The fourth-order valence-corrected chi connectivity index (χ4v) is 1.30. The maximum Gasteiger partial charge on any atom is 0.692 e. The van der Waals surface area contributed by atoms with Gasteiger partial charge in [-0.25, -0.2) is 0 Å². The van der Waals surface area contributed by atoms with Crippen LogP contribution in [-0.4, -0.2) is 15.2 Å². The number of hydrogen-bond acceptors (Lipinski definition) is 1. The average molecular weight is 244 g/mol. The van der Waals surface area contributed by atoms with Gasteiger partial charge in [0.05, 0.1) is 0 Å². The molecule has 0 aliphatic carbocycles. The third-order valence-corrected chi connectivity index (χ3v) is 2.18. The minimum Gasteiger partial charge on any atom is -0.134 e. The zero-order chi connectivity index (χ0) is 11.4. The molecule has 0 saturated carbocycles. The Morgan fingerprint density at radius 2 is 1.43 bits per heavy atom. The van der Waals surface area contributed by atoms with Crippen LogP contribution in [0.3, 0.4) is 0 Å². The van der Waals surface area contributed by atoms with E-state index in [1.165, 1.54) is 38.5 Å². The molecule has 0 aliphatic rings. The highest BCUT2D eigenvalue weighted by Crippen LogP contribution is 2.13. The third-order valence-electron chi connectivity index (χ3n) is 1.74. The molecule has 14 heavy (non-hydrogen) atoms. The normalized spacial score (nSPS) is 9.57. The van der Waals surface area contributed by atoms with Crippen molar-refractivity contribution >= 4 is 19.9 Å². The monoisotopic (exact) mass is 243 g/mol. The Hall–Kier alpha value is 0.310. The molecule has 0 radical (unpaired) electrons. The molecule has 0 rings (SSSR count). The maximum absolute atomic E-state index is 8.70. The molecule has 0 amide bonds. The summed E-state index contributed by atoms with van der Waals surface area (Å²) in [6.07, 6.45) is 7.54. The number of halogens is 1. The predicted octanol–water partition coefficient (Wildman–Crippen LogP) is 3.60. The molecule has 3 nitrogen and oxygen atoms in total. The SMILES string of the molecule is CCCCC(Cl)CCCC.O=[P+](O)O. The quantitative estimate of drug-likeness (QED) is 0.554. The van der Waals surface area contributed by atoms with Crippen molar-refractivity contribution in [2.45, 2.75) is 57.7 Å². The molecule has 0 aromatic rings. The molecule has 0 bridgehead atoms. The molecule has 0 aromatic carbocycles. The first-order chi connectivity index (χ1) is 6.54. The fourth-order valence-electron chi connectivity index (χ4n) is 0.996. The van der Waals surface area contributed by atoms with Gasteiger partial charge in [-0.15, -0.1) is 21.4 Å². The Balaban J connectivity index is 0. The Morgan fingerprint density at radius 1 is 1.14 bits per heavy atom. The van der Waals surface area contributed by atoms with Crippen molar-refractivity contribution < 1.29 is 14.4 Å². The molecular formula is C9H21ClO3P+. The lowest BCUT2D eigenvalue weighted by Crippen LogP contribution is -1.97. The van der Waals surface area contributed by atoms with Crippen LogP contribution >= 0.6 is 19.9 Å². The zero-order valence-corrected chi connectivity index (χ0v) is 10.6. The van der Waals surface area contributed by atoms with Crippen molar-refractivity contribution in [3.8, 4) is 0 Å². The van der Waals surface area contributed by atoms with Crippen LogP contribution < -0.4 is 0 Å². The Morgan fingerprint density at radius 3 is 1.64 bits per heavy atom. The van der Waals surface area contributed by atoms with E-state index in [1.807, 2.05) is 0 Å². The van der Waals surface area contributed by atoms with Gasteiger partial charge in [-0.05, 0) is 12.8 Å². The second-order valence-electron chi connectivity index (χ2n) is 3.13. The summed E-state index contributed by atoms with van der Waals surface area (Å²) in [4.78, 5) is 14.2. The van der Waals surface area contributed by atoms with Crippen LogP contribution in [0.25, 0.3) is 0 Å². The van der Waals surface area contributed by atoms with Crippen molar-refractivity contribution in [2.24, 2.45) is 0 Å². The van der Waals surface area contributed by atoms with E-state index in [1.54, 1.807) is 0 Å². The zero-order valence-electron chi connectivity index (χ0n) is 8.95. The Kier molecular flexibility index (Phi) is 15.9. The highest BCUT2D eigenvalue weighted by atomic mass is 35.5. The molecule has 0 unspecified atom stereocenters. The van der Waals surface area contributed by atoms with Gasteiger partial charge < -0.3 is 0 Å². The maximum atomic E-state index is 8.70. The van der Waals surface area contributed by atoms with E-state index in [0.717, 1.165) is 0 Å². The molecule has 2 N–H and O–H groups in total. The lowest BCUT2D eigenvalue weighted by molar-refractivity contribution is 0.405. The Labute approximate surface area is 92.4 Å². The van der Waals surface area contributed by atoms with Crippen LogP contribution in [0.15, 0.2) is 0 Å². The molecule has 0 spiro atoms. The van der Waals surface area contributed by atoms with Gasteiger partial charge in [-0.2, -0.15) is 0 Å². The highest BCUT2D eigenvalue weighted by molar-refractivity contribution is 7.30. The van der Waals surface area contributed by atoms with Crippen LogP contribution in [0, 0.1) is 0 Å². The lowest BCUT2D eigenvalue weighted by atomic mass is 10.1. The summed E-state index contributed by atoms with van der Waals surface area (Å²) in [5, 5.41) is 0.444. The van der Waals surface area contributed by atoms with E-state index in [2.05, 4.69) is 13.8 Å². The number of unbranched alkanes of at least 4 members (excludes halogenated alkanes) is 2. The standard InChI is InChI=1S/C9H19Cl.HO3P/c1-3-5-7-9(10)8-6-4-2;1-4(2)3/h9H,3-8H2,1-2H3;(H-,1,2,3)/p+1. The molecule has 5 heteroatoms. The topological polar surface area (TPSA) is 57.5 Å². The predicted molar refractivity (Wildman–Crippen MR) is 60.7 cm³/mol. The fraction of sp³-hybridized carbons (Fsp3) is 1.00. The molecule has 0 atom stereocenters. The average Bonchev–Trinajstić information content (AvgIpc) is 2.10. The number of alkyl halides is 1. The first-order valence-corrected chi connectivity index (χ1v) is 6.63. The first-order valence-electron chi connectivity index (χ1n) is 5.03. The minimum atomic E-state index is -2.87. The molecule has 86 valence electrons. The molecule has 0 aliphatic heterocycles. The summed E-state index contributed by atoms with van der Waals surface area (Å²) in [7, 11) is -2.87. The highest BCUT2D eigenvalue weighted by Gasteiger charge is 2.01. The number of rotatable bonds is 6. The first kappa shape index (κ1) is 16.7. The van der Waals surface area contributed by atoms with Gasteiger partial charge in [0.25, 0.3) is 0 Å². The molecule has 0 aromatic heterocycles. The molecule has 0 heterocycles. The summed E-state index contributed by atoms with van der Waals surface area (Å²) in [6, 6.07) is 0. The van der Waals surface area contributed by atoms with Gasteiger partial charge in [0, 0.05) is 9.94 Å². The molecular weight excluding hydrogens is 223 g/mol. The summed E-state index contributed by atoms with van der Waals surface area (Å²) < 4.78 is 8.70. The van der Waals surface area contributed by atoms with Gasteiger partial charge >= 0.3 is 8.25 Å². The lowest BCUT2D eigenvalue weighted by Gasteiger charge is -2.06. The van der Waals surface area contributed by atoms with Crippen LogP contribution in [0.4, 0.5) is 0 Å². The summed E-state index contributed by atoms with van der Waals surface area (Å²) in [5.41, 5.74) is 0. The largest absolute Gasteiger partial charge is 0.692 e. The van der Waals surface area contributed by atoms with Crippen molar-refractivity contribution in [2.75, 3.05) is 0 Å². The van der Waals surface area contributed by atoms with Crippen molar-refractivity contribution in [3.05, 3.63) is 0 Å². The molecule has 0 fully saturated rings. The summed E-state index contributed by atoms with van der Waals surface area (Å²) in [6.45, 7) is 4.42. The minimum absolute atomic E-state index is 0.444. The summed E-state index contributed by atoms with van der Waals surface area (Å²) in [5.74, 6) is 0. The van der Waals surface area contributed by atoms with E-state index in [0.29, 0.717) is 5.38 Å². The van der Waals surface area contributed by atoms with Gasteiger partial charge in [0.2, 0.25) is 0 Å². The van der Waals surface area contributed by atoms with E-state index >= 15 is 0 Å². The van der Waals surface area contributed by atoms with Gasteiger partial charge in [-0.1, -0.05) is 39.5 Å².